The normalized spacial score (nSPS) is 11.8. The largest absolute Gasteiger partial charge is 0.339 e. The number of hydrogen-bond donors (Lipinski definition) is 1. The van der Waals surface area contributed by atoms with E-state index >= 15 is 0 Å². The highest BCUT2D eigenvalue weighted by Gasteiger charge is 2.12. The maximum absolute atomic E-state index is 4.48. The summed E-state index contributed by atoms with van der Waals surface area (Å²) >= 11 is 0. The molecule has 0 aliphatic carbocycles. The van der Waals surface area contributed by atoms with Gasteiger partial charge in [-0.3, -0.25) is 0 Å². The summed E-state index contributed by atoms with van der Waals surface area (Å²) in [5.41, 5.74) is 2.13. The van der Waals surface area contributed by atoms with E-state index in [4.69, 9.17) is 0 Å². The molecule has 2 heteroatoms. The van der Waals surface area contributed by atoms with Gasteiger partial charge in [-0.2, -0.15) is 0 Å². The van der Waals surface area contributed by atoms with Crippen LogP contribution in [0.25, 0.3) is 43.5 Å². The highest BCUT2D eigenvalue weighted by atomic mass is 14.8. The average Bonchev–Trinajstić information content (AvgIpc) is 2.95. The summed E-state index contributed by atoms with van der Waals surface area (Å²) < 4.78 is 0. The van der Waals surface area contributed by atoms with E-state index in [1.165, 1.54) is 37.8 Å². The summed E-state index contributed by atoms with van der Waals surface area (Å²) in [6.45, 7) is 0. The topological polar surface area (TPSA) is 28.7 Å². The van der Waals surface area contributed by atoms with Gasteiger partial charge in [0.1, 0.15) is 5.65 Å². The van der Waals surface area contributed by atoms with Gasteiger partial charge >= 0.3 is 0 Å². The number of H-pyrrole nitrogens is 1. The molecule has 0 bridgehead atoms. The van der Waals surface area contributed by atoms with Crippen molar-refractivity contribution in [1.29, 1.82) is 0 Å². The van der Waals surface area contributed by atoms with Gasteiger partial charge in [0.25, 0.3) is 0 Å². The van der Waals surface area contributed by atoms with Crippen LogP contribution < -0.4 is 0 Å². The second kappa shape index (κ2) is 3.83. The quantitative estimate of drug-likeness (QED) is 0.392. The molecule has 5 aromatic rings. The van der Waals surface area contributed by atoms with Crippen LogP contribution in [0.2, 0.25) is 0 Å². The highest BCUT2D eigenvalue weighted by molar-refractivity contribution is 6.30. The Kier molecular flexibility index (Phi) is 1.98. The summed E-state index contributed by atoms with van der Waals surface area (Å²) in [6, 6.07) is 21.3. The van der Waals surface area contributed by atoms with Crippen LogP contribution >= 0.6 is 0 Å². The zero-order valence-electron chi connectivity index (χ0n) is 11.3. The van der Waals surface area contributed by atoms with E-state index in [0.717, 1.165) is 5.65 Å². The van der Waals surface area contributed by atoms with Gasteiger partial charge in [0.2, 0.25) is 0 Å². The second-order valence-electron chi connectivity index (χ2n) is 5.37. The van der Waals surface area contributed by atoms with Crippen molar-refractivity contribution in [3.05, 3.63) is 66.9 Å². The fourth-order valence-corrected chi connectivity index (χ4v) is 3.38. The van der Waals surface area contributed by atoms with Crippen molar-refractivity contribution >= 4 is 43.5 Å². The Morgan fingerprint density at radius 1 is 0.619 bits per heavy atom. The van der Waals surface area contributed by atoms with Crippen LogP contribution in [0, 0.1) is 0 Å². The minimum Gasteiger partial charge on any atom is -0.339 e. The highest BCUT2D eigenvalue weighted by Crippen LogP contribution is 2.37. The lowest BCUT2D eigenvalue weighted by atomic mass is 9.97. The van der Waals surface area contributed by atoms with Crippen molar-refractivity contribution in [3.8, 4) is 0 Å². The second-order valence-corrected chi connectivity index (χ2v) is 5.37. The Balaban J connectivity index is 2.25. The number of nitrogens with zero attached hydrogens (tertiary/aromatic N) is 1. The van der Waals surface area contributed by atoms with Gasteiger partial charge in [0.05, 0.1) is 5.52 Å². The van der Waals surface area contributed by atoms with Gasteiger partial charge in [-0.05, 0) is 28.3 Å². The maximum Gasteiger partial charge on any atom is 0.138 e. The molecule has 0 fully saturated rings. The van der Waals surface area contributed by atoms with Gasteiger partial charge < -0.3 is 4.98 Å². The van der Waals surface area contributed by atoms with Crippen molar-refractivity contribution < 1.29 is 0 Å². The average molecular weight is 268 g/mol. The van der Waals surface area contributed by atoms with E-state index in [2.05, 4.69) is 64.6 Å². The van der Waals surface area contributed by atoms with Crippen LogP contribution in [-0.2, 0) is 0 Å². The summed E-state index contributed by atoms with van der Waals surface area (Å²) in [6.07, 6.45) is 1.84. The van der Waals surface area contributed by atoms with E-state index in [0.29, 0.717) is 0 Å². The molecule has 0 radical (unpaired) electrons. The van der Waals surface area contributed by atoms with Crippen LogP contribution in [0.3, 0.4) is 0 Å². The van der Waals surface area contributed by atoms with E-state index in [1.807, 2.05) is 12.3 Å². The maximum atomic E-state index is 4.48. The molecule has 5 rings (SSSR count). The summed E-state index contributed by atoms with van der Waals surface area (Å²) in [5, 5.41) is 7.58. The first kappa shape index (κ1) is 10.9. The molecule has 0 aliphatic rings. The van der Waals surface area contributed by atoms with Gasteiger partial charge in [0.15, 0.2) is 0 Å². The third kappa shape index (κ3) is 1.34. The fraction of sp³-hybridized carbons (Fsp3) is 0. The van der Waals surface area contributed by atoms with Crippen LogP contribution in [-0.4, -0.2) is 9.97 Å². The fourth-order valence-electron chi connectivity index (χ4n) is 3.38. The van der Waals surface area contributed by atoms with E-state index in [1.54, 1.807) is 0 Å². The van der Waals surface area contributed by atoms with Crippen LogP contribution in [0.1, 0.15) is 0 Å². The number of pyridine rings is 1. The van der Waals surface area contributed by atoms with Crippen LogP contribution in [0.5, 0.6) is 0 Å². The predicted octanol–water partition coefficient (Wildman–Crippen LogP) is 5.02. The van der Waals surface area contributed by atoms with E-state index in [9.17, 15) is 0 Å². The molecule has 0 atom stereocenters. The standard InChI is InChI=1S/C19H12N2/c1-3-8-14-12(6-1)13-7-2-4-9-15(13)18-17(14)16-10-5-11-20-19(16)21-18/h1-11H,(H,20,21). The molecular formula is C19H12N2. The van der Waals surface area contributed by atoms with Gasteiger partial charge in [-0.15, -0.1) is 0 Å². The molecule has 0 amide bonds. The van der Waals surface area contributed by atoms with Crippen molar-refractivity contribution in [1.82, 2.24) is 9.97 Å². The van der Waals surface area contributed by atoms with Gasteiger partial charge in [-0.1, -0.05) is 48.5 Å². The third-order valence-electron chi connectivity index (χ3n) is 4.25. The van der Waals surface area contributed by atoms with Crippen molar-refractivity contribution in [2.45, 2.75) is 0 Å². The Bertz CT molecular complexity index is 1140. The number of aromatic amines is 1. The SMILES string of the molecule is c1ccc2c(c1)c1ccccc1c1c3cccnc3[nH]c21. The summed E-state index contributed by atoms with van der Waals surface area (Å²) in [7, 11) is 0. The minimum atomic E-state index is 0.953. The Labute approximate surface area is 121 Å². The predicted molar refractivity (Wildman–Crippen MR) is 88.6 cm³/mol. The molecule has 21 heavy (non-hydrogen) atoms. The lowest BCUT2D eigenvalue weighted by molar-refractivity contribution is 1.35. The molecule has 2 aromatic heterocycles. The molecule has 2 heterocycles. The van der Waals surface area contributed by atoms with Crippen LogP contribution in [0.4, 0.5) is 0 Å². The van der Waals surface area contributed by atoms with E-state index in [-0.39, 0.29) is 0 Å². The zero-order chi connectivity index (χ0) is 13.8. The first-order valence-electron chi connectivity index (χ1n) is 7.09. The van der Waals surface area contributed by atoms with Crippen LogP contribution in [0.15, 0.2) is 66.9 Å². The number of hydrogen-bond acceptors (Lipinski definition) is 1. The lowest BCUT2D eigenvalue weighted by Gasteiger charge is -2.06. The molecule has 0 spiro atoms. The number of rotatable bonds is 0. The molecule has 2 nitrogen and oxygen atoms in total. The molecule has 0 saturated heterocycles. The number of nitrogens with one attached hydrogen (secondary N) is 1. The van der Waals surface area contributed by atoms with Crippen molar-refractivity contribution in [2.75, 3.05) is 0 Å². The van der Waals surface area contributed by atoms with Crippen molar-refractivity contribution in [2.24, 2.45) is 0 Å². The first-order valence-corrected chi connectivity index (χ1v) is 7.09. The molecule has 3 aromatic carbocycles. The molecule has 1 N–H and O–H groups in total. The monoisotopic (exact) mass is 268 g/mol. The number of fused-ring (bicyclic) bond motifs is 8. The number of aromatic nitrogens is 2. The first-order chi connectivity index (χ1) is 10.4. The lowest BCUT2D eigenvalue weighted by Crippen LogP contribution is -1.80. The summed E-state index contributed by atoms with van der Waals surface area (Å²) in [4.78, 5) is 7.98. The van der Waals surface area contributed by atoms with Crippen molar-refractivity contribution in [3.63, 3.8) is 0 Å². The number of benzene rings is 3. The Morgan fingerprint density at radius 2 is 1.24 bits per heavy atom. The van der Waals surface area contributed by atoms with Gasteiger partial charge in [0, 0.05) is 22.4 Å². The molecular weight excluding hydrogens is 256 g/mol. The van der Waals surface area contributed by atoms with Gasteiger partial charge in [-0.25, -0.2) is 4.98 Å². The summed E-state index contributed by atoms with van der Waals surface area (Å²) in [5.74, 6) is 0. The Hall–Kier alpha value is -2.87. The minimum absolute atomic E-state index is 0.953. The Morgan fingerprint density at radius 3 is 2.05 bits per heavy atom. The molecule has 98 valence electrons. The molecule has 0 aliphatic heterocycles. The third-order valence-corrected chi connectivity index (χ3v) is 4.25. The smallest absolute Gasteiger partial charge is 0.138 e. The molecule has 0 saturated carbocycles. The molecule has 0 unspecified atom stereocenters. The van der Waals surface area contributed by atoms with E-state index < -0.39 is 0 Å². The zero-order valence-corrected chi connectivity index (χ0v) is 11.3.